The van der Waals surface area contributed by atoms with Gasteiger partial charge in [0.1, 0.15) is 4.21 Å². The summed E-state index contributed by atoms with van der Waals surface area (Å²) in [5.74, 6) is 0. The van der Waals surface area contributed by atoms with Crippen molar-refractivity contribution in [1.29, 1.82) is 0 Å². The van der Waals surface area contributed by atoms with Gasteiger partial charge in [-0.1, -0.05) is 40.9 Å². The van der Waals surface area contributed by atoms with Gasteiger partial charge < -0.3 is 5.11 Å². The maximum atomic E-state index is 12.0. The highest BCUT2D eigenvalue weighted by Crippen LogP contribution is 2.30. The molecule has 0 aliphatic rings. The second-order valence-electron chi connectivity index (χ2n) is 4.06. The molecule has 0 fully saturated rings. The third-order valence-corrected chi connectivity index (χ3v) is 6.42. The lowest BCUT2D eigenvalue weighted by Crippen LogP contribution is -2.28. The molecule has 2 N–H and O–H groups in total. The van der Waals surface area contributed by atoms with Gasteiger partial charge in [-0.05, 0) is 24.3 Å². The third-order valence-electron chi connectivity index (χ3n) is 2.61. The molecule has 1 aromatic heterocycles. The van der Waals surface area contributed by atoms with E-state index in [-0.39, 0.29) is 26.4 Å². The van der Waals surface area contributed by atoms with E-state index in [1.165, 1.54) is 12.1 Å². The number of aliphatic hydroxyl groups is 1. The van der Waals surface area contributed by atoms with E-state index in [0.29, 0.717) is 4.34 Å². The minimum atomic E-state index is -3.73. The van der Waals surface area contributed by atoms with Crippen LogP contribution in [0.25, 0.3) is 0 Å². The highest BCUT2D eigenvalue weighted by Gasteiger charge is 2.21. The van der Waals surface area contributed by atoms with E-state index >= 15 is 0 Å². The first kappa shape index (κ1) is 17.0. The van der Waals surface area contributed by atoms with Gasteiger partial charge in [0.05, 0.1) is 10.4 Å². The van der Waals surface area contributed by atoms with Crippen LogP contribution >= 0.6 is 46.1 Å². The zero-order valence-corrected chi connectivity index (χ0v) is 14.3. The molecule has 114 valence electrons. The highest BCUT2D eigenvalue weighted by molar-refractivity contribution is 7.91. The number of rotatable bonds is 5. The Kier molecular flexibility index (Phi) is 5.54. The lowest BCUT2D eigenvalue weighted by Gasteiger charge is -2.15. The average Bonchev–Trinajstić information content (AvgIpc) is 2.84. The Bertz CT molecular complexity index is 726. The second kappa shape index (κ2) is 6.83. The van der Waals surface area contributed by atoms with Crippen LogP contribution in [0.3, 0.4) is 0 Å². The molecule has 1 heterocycles. The Morgan fingerprint density at radius 3 is 2.29 bits per heavy atom. The molecule has 0 saturated carbocycles. The van der Waals surface area contributed by atoms with E-state index in [1.807, 2.05) is 0 Å². The topological polar surface area (TPSA) is 66.4 Å². The van der Waals surface area contributed by atoms with Crippen LogP contribution in [0.2, 0.25) is 14.4 Å². The summed E-state index contributed by atoms with van der Waals surface area (Å²) in [4.78, 5) is 0. The van der Waals surface area contributed by atoms with Crippen molar-refractivity contribution in [1.82, 2.24) is 4.72 Å². The van der Waals surface area contributed by atoms with Gasteiger partial charge in [0, 0.05) is 22.2 Å². The number of nitrogens with one attached hydrogen (secondary N) is 1. The fourth-order valence-electron chi connectivity index (χ4n) is 1.63. The third kappa shape index (κ3) is 4.10. The predicted octanol–water partition coefficient (Wildman–Crippen LogP) is 3.72. The molecule has 9 heteroatoms. The van der Waals surface area contributed by atoms with Crippen LogP contribution < -0.4 is 4.72 Å². The molecule has 0 spiro atoms. The minimum Gasteiger partial charge on any atom is -0.387 e. The van der Waals surface area contributed by atoms with Gasteiger partial charge in [0.2, 0.25) is 10.0 Å². The summed E-state index contributed by atoms with van der Waals surface area (Å²) in [5, 5.41) is 10.6. The first-order valence-electron chi connectivity index (χ1n) is 5.68. The molecule has 0 bridgehead atoms. The maximum absolute atomic E-state index is 12.0. The van der Waals surface area contributed by atoms with Crippen molar-refractivity contribution in [2.45, 2.75) is 10.3 Å². The van der Waals surface area contributed by atoms with Crippen molar-refractivity contribution < 1.29 is 13.5 Å². The van der Waals surface area contributed by atoms with Gasteiger partial charge in [-0.3, -0.25) is 0 Å². The second-order valence-corrected chi connectivity index (χ2v) is 8.58. The van der Waals surface area contributed by atoms with E-state index in [2.05, 4.69) is 4.72 Å². The number of halogens is 3. The number of hydrogen-bond donors (Lipinski definition) is 2. The van der Waals surface area contributed by atoms with Crippen molar-refractivity contribution in [3.05, 3.63) is 50.3 Å². The molecule has 0 aliphatic heterocycles. The van der Waals surface area contributed by atoms with Crippen molar-refractivity contribution in [2.24, 2.45) is 0 Å². The Labute approximate surface area is 141 Å². The number of aliphatic hydroxyl groups excluding tert-OH is 1. The Hall–Kier alpha value is -0.340. The molecule has 1 unspecified atom stereocenters. The quantitative estimate of drug-likeness (QED) is 0.823. The molecule has 21 heavy (non-hydrogen) atoms. The summed E-state index contributed by atoms with van der Waals surface area (Å²) in [6.07, 6.45) is -1.16. The van der Waals surface area contributed by atoms with Crippen molar-refractivity contribution in [2.75, 3.05) is 6.54 Å². The minimum absolute atomic E-state index is 0.0740. The van der Waals surface area contributed by atoms with E-state index < -0.39 is 16.1 Å². The van der Waals surface area contributed by atoms with Crippen LogP contribution in [0.5, 0.6) is 0 Å². The van der Waals surface area contributed by atoms with Gasteiger partial charge >= 0.3 is 0 Å². The van der Waals surface area contributed by atoms with Crippen molar-refractivity contribution in [3.63, 3.8) is 0 Å². The largest absolute Gasteiger partial charge is 0.387 e. The molecule has 4 nitrogen and oxygen atoms in total. The van der Waals surface area contributed by atoms with Gasteiger partial charge in [-0.2, -0.15) is 0 Å². The normalized spacial score (nSPS) is 13.3. The summed E-state index contributed by atoms with van der Waals surface area (Å²) in [6, 6.07) is 7.66. The van der Waals surface area contributed by atoms with Crippen molar-refractivity contribution >= 4 is 56.2 Å². The zero-order valence-electron chi connectivity index (χ0n) is 10.4. The van der Waals surface area contributed by atoms with Crippen LogP contribution in [0.15, 0.2) is 34.5 Å². The summed E-state index contributed by atoms with van der Waals surface area (Å²) in [7, 11) is -3.73. The summed E-state index contributed by atoms with van der Waals surface area (Å²) < 4.78 is 26.8. The van der Waals surface area contributed by atoms with Crippen LogP contribution in [0, 0.1) is 0 Å². The monoisotopic (exact) mass is 385 g/mol. The fraction of sp³-hybridized carbons (Fsp3) is 0.167. The van der Waals surface area contributed by atoms with Crippen LogP contribution in [-0.2, 0) is 10.0 Å². The van der Waals surface area contributed by atoms with Crippen molar-refractivity contribution in [3.8, 4) is 0 Å². The van der Waals surface area contributed by atoms with E-state index in [4.69, 9.17) is 34.8 Å². The molecule has 0 saturated heterocycles. The number of benzene rings is 1. The molecule has 2 rings (SSSR count). The Balaban J connectivity index is 2.13. The van der Waals surface area contributed by atoms with Gasteiger partial charge in [-0.25, -0.2) is 13.1 Å². The van der Waals surface area contributed by atoms with E-state index in [9.17, 15) is 13.5 Å². The number of thiophene rings is 1. The smallest absolute Gasteiger partial charge is 0.250 e. The Morgan fingerprint density at radius 1 is 1.14 bits per heavy atom. The standard InChI is InChI=1S/C12H10Cl3NO3S2/c13-7-2-1-3-8(14)12(7)9(17)6-16-21(18,19)11-5-4-10(15)20-11/h1-5,9,16-17H,6H2. The molecular weight excluding hydrogens is 377 g/mol. The number of sulfonamides is 1. The molecule has 0 radical (unpaired) electrons. The van der Waals surface area contributed by atoms with Gasteiger partial charge in [0.25, 0.3) is 0 Å². The molecule has 1 aromatic carbocycles. The maximum Gasteiger partial charge on any atom is 0.250 e. The highest BCUT2D eigenvalue weighted by atomic mass is 35.5. The van der Waals surface area contributed by atoms with Crippen LogP contribution in [-0.4, -0.2) is 20.1 Å². The lowest BCUT2D eigenvalue weighted by molar-refractivity contribution is 0.182. The molecular formula is C12H10Cl3NO3S2. The SMILES string of the molecule is O=S(=O)(NCC(O)c1c(Cl)cccc1Cl)c1ccc(Cl)s1. The molecule has 1 atom stereocenters. The van der Waals surface area contributed by atoms with Gasteiger partial charge in [-0.15, -0.1) is 11.3 Å². The summed E-state index contributed by atoms with van der Waals surface area (Å²) in [6.45, 7) is -0.249. The average molecular weight is 387 g/mol. The predicted molar refractivity (Wildman–Crippen MR) is 85.9 cm³/mol. The summed E-state index contributed by atoms with van der Waals surface area (Å²) in [5.41, 5.74) is 0.285. The van der Waals surface area contributed by atoms with Crippen LogP contribution in [0.1, 0.15) is 11.7 Å². The lowest BCUT2D eigenvalue weighted by atomic mass is 10.1. The molecule has 2 aromatic rings. The zero-order chi connectivity index (χ0) is 15.6. The first-order chi connectivity index (χ1) is 9.81. The van der Waals surface area contributed by atoms with Crippen LogP contribution in [0.4, 0.5) is 0 Å². The Morgan fingerprint density at radius 2 is 1.76 bits per heavy atom. The molecule has 0 amide bonds. The number of hydrogen-bond acceptors (Lipinski definition) is 4. The van der Waals surface area contributed by atoms with E-state index in [0.717, 1.165) is 11.3 Å². The first-order valence-corrected chi connectivity index (χ1v) is 9.11. The molecule has 0 aliphatic carbocycles. The summed E-state index contributed by atoms with van der Waals surface area (Å²) >= 11 is 18.6. The fourth-order valence-corrected chi connectivity index (χ4v) is 4.85. The van der Waals surface area contributed by atoms with Gasteiger partial charge in [0.15, 0.2) is 0 Å². The van der Waals surface area contributed by atoms with E-state index in [1.54, 1.807) is 18.2 Å².